The zero-order valence-electron chi connectivity index (χ0n) is 23.7. The third-order valence-corrected chi connectivity index (χ3v) is 6.54. The van der Waals surface area contributed by atoms with Crippen molar-refractivity contribution >= 4 is 32.5 Å². The smallest absolute Gasteiger partial charge is 0.135 e. The molecular weight excluding hydrogens is 424 g/mol. The van der Waals surface area contributed by atoms with Crippen LogP contribution in [0.2, 0.25) is 0 Å². The fraction of sp³-hybridized carbons (Fsp3) is 0. The van der Waals surface area contributed by atoms with Gasteiger partial charge in [0, 0.05) is 10.9 Å². The highest BCUT2D eigenvalue weighted by atomic mass is 16.3. The molecule has 0 bridgehead atoms. The van der Waals surface area contributed by atoms with Crippen LogP contribution in [0, 0.1) is 0 Å². The predicted octanol–water partition coefficient (Wildman–Crippen LogP) is 9.74. The van der Waals surface area contributed by atoms with Crippen molar-refractivity contribution in [2.45, 2.75) is 0 Å². The molecule has 7 rings (SSSR count). The van der Waals surface area contributed by atoms with Crippen molar-refractivity contribution in [2.24, 2.45) is 0 Å². The van der Waals surface area contributed by atoms with Crippen molar-refractivity contribution < 1.29 is 11.3 Å². The van der Waals surface area contributed by atoms with Gasteiger partial charge in [0.25, 0.3) is 0 Å². The minimum absolute atomic E-state index is 0.206. The number of fused-ring (bicyclic) bond motifs is 3. The van der Waals surface area contributed by atoms with Gasteiger partial charge in [-0.1, -0.05) is 115 Å². The molecule has 7 aromatic rings. The first-order valence-corrected chi connectivity index (χ1v) is 11.5. The lowest BCUT2D eigenvalue weighted by atomic mass is 9.86. The molecule has 0 spiro atoms. The van der Waals surface area contributed by atoms with E-state index in [0.717, 1.165) is 55.0 Å². The molecule has 0 saturated heterocycles. The van der Waals surface area contributed by atoms with Gasteiger partial charge in [-0.3, -0.25) is 0 Å². The molecule has 35 heavy (non-hydrogen) atoms. The quantitative estimate of drug-likeness (QED) is 0.244. The lowest BCUT2D eigenvalue weighted by Crippen LogP contribution is -1.90. The topological polar surface area (TPSA) is 13.1 Å². The van der Waals surface area contributed by atoms with Crippen LogP contribution < -0.4 is 0 Å². The van der Waals surface area contributed by atoms with E-state index in [-0.39, 0.29) is 29.7 Å². The fourth-order valence-electron chi connectivity index (χ4n) is 5.03. The SMILES string of the molecule is [2H]c1c([2H])c([2H])c(-c2c3ccccc3c(-c3ccc4oc(-c5ccccc5)cc4c3)c3ccccc23)c([2H])c1[2H]. The van der Waals surface area contributed by atoms with Crippen LogP contribution in [0.25, 0.3) is 66.1 Å². The molecule has 6 aromatic carbocycles. The van der Waals surface area contributed by atoms with Gasteiger partial charge in [-0.2, -0.15) is 0 Å². The van der Waals surface area contributed by atoms with E-state index in [2.05, 4.69) is 18.2 Å². The average molecular weight is 452 g/mol. The molecule has 0 aliphatic rings. The first-order chi connectivity index (χ1) is 19.4. The second-order valence-corrected chi connectivity index (χ2v) is 8.57. The summed E-state index contributed by atoms with van der Waals surface area (Å²) in [6.07, 6.45) is 0. The maximum Gasteiger partial charge on any atom is 0.135 e. The van der Waals surface area contributed by atoms with E-state index in [4.69, 9.17) is 11.3 Å². The Labute approximate surface area is 210 Å². The second kappa shape index (κ2) is 8.00. The Morgan fingerprint density at radius 1 is 0.486 bits per heavy atom. The summed E-state index contributed by atoms with van der Waals surface area (Å²) in [5.74, 6) is 0.805. The summed E-state index contributed by atoms with van der Waals surface area (Å²) in [5.41, 5.74) is 4.69. The van der Waals surface area contributed by atoms with Gasteiger partial charge in [-0.15, -0.1) is 0 Å². The largest absolute Gasteiger partial charge is 0.456 e. The highest BCUT2D eigenvalue weighted by molar-refractivity contribution is 6.21. The molecule has 164 valence electrons. The van der Waals surface area contributed by atoms with E-state index in [1.165, 1.54) is 0 Å². The minimum Gasteiger partial charge on any atom is -0.456 e. The van der Waals surface area contributed by atoms with Gasteiger partial charge >= 0.3 is 0 Å². The fourth-order valence-corrected chi connectivity index (χ4v) is 5.03. The van der Waals surface area contributed by atoms with Crippen molar-refractivity contribution in [1.29, 1.82) is 0 Å². The van der Waals surface area contributed by atoms with Gasteiger partial charge in [0.15, 0.2) is 0 Å². The molecule has 0 saturated carbocycles. The summed E-state index contributed by atoms with van der Waals surface area (Å²) in [4.78, 5) is 0. The van der Waals surface area contributed by atoms with E-state index in [9.17, 15) is 0 Å². The van der Waals surface area contributed by atoms with Crippen LogP contribution in [0.5, 0.6) is 0 Å². The van der Waals surface area contributed by atoms with Gasteiger partial charge in [0.05, 0.1) is 6.85 Å². The molecule has 0 fully saturated rings. The van der Waals surface area contributed by atoms with Crippen LogP contribution in [0.15, 0.2) is 138 Å². The standard InChI is InChI=1S/C34H22O/c1-3-11-23(12-4-1)32-22-26-21-25(19-20-31(26)35-32)34-29-17-9-7-15-27(29)33(24-13-5-2-6-14-24)28-16-8-10-18-30(28)34/h1-22H/i2D,5D,6D,13D,14D. The monoisotopic (exact) mass is 451 g/mol. The number of hydrogen-bond acceptors (Lipinski definition) is 1. The Kier molecular flexibility index (Phi) is 3.50. The summed E-state index contributed by atoms with van der Waals surface area (Å²) in [6.45, 7) is 0. The van der Waals surface area contributed by atoms with Gasteiger partial charge in [0.2, 0.25) is 0 Å². The van der Waals surface area contributed by atoms with Crippen molar-refractivity contribution in [2.75, 3.05) is 0 Å². The Balaban J connectivity index is 1.55. The Morgan fingerprint density at radius 2 is 1.06 bits per heavy atom. The summed E-state index contributed by atoms with van der Waals surface area (Å²) in [6, 6.07) is 32.5. The van der Waals surface area contributed by atoms with Crippen LogP contribution in [-0.4, -0.2) is 0 Å². The normalized spacial score (nSPS) is 13.4. The molecule has 1 nitrogen and oxygen atoms in total. The number of benzene rings is 6. The molecule has 0 aliphatic heterocycles. The Bertz CT molecular complexity index is 2030. The summed E-state index contributed by atoms with van der Waals surface area (Å²) >= 11 is 0. The molecule has 0 amide bonds. The first kappa shape index (κ1) is 15.3. The zero-order chi connectivity index (χ0) is 27.5. The van der Waals surface area contributed by atoms with E-state index >= 15 is 0 Å². The summed E-state index contributed by atoms with van der Waals surface area (Å²) < 4.78 is 48.3. The molecule has 1 heterocycles. The number of rotatable bonds is 3. The van der Waals surface area contributed by atoms with Crippen molar-refractivity contribution in [3.05, 3.63) is 133 Å². The lowest BCUT2D eigenvalue weighted by Gasteiger charge is -2.17. The second-order valence-electron chi connectivity index (χ2n) is 8.57. The summed E-state index contributed by atoms with van der Waals surface area (Å²) in [5, 5.41) is 4.52. The maximum atomic E-state index is 8.72. The van der Waals surface area contributed by atoms with Gasteiger partial charge in [-0.05, 0) is 62.0 Å². The number of hydrogen-bond donors (Lipinski definition) is 0. The van der Waals surface area contributed by atoms with E-state index in [0.29, 0.717) is 5.56 Å². The molecule has 0 N–H and O–H groups in total. The molecule has 0 radical (unpaired) electrons. The highest BCUT2D eigenvalue weighted by Gasteiger charge is 2.17. The molecule has 0 aliphatic carbocycles. The van der Waals surface area contributed by atoms with Gasteiger partial charge in [-0.25, -0.2) is 0 Å². The molecule has 0 atom stereocenters. The molecule has 0 unspecified atom stereocenters. The summed E-state index contributed by atoms with van der Waals surface area (Å²) in [7, 11) is 0. The van der Waals surface area contributed by atoms with Crippen LogP contribution in [0.4, 0.5) is 0 Å². The maximum absolute atomic E-state index is 8.72. The van der Waals surface area contributed by atoms with Gasteiger partial charge in [0.1, 0.15) is 11.3 Å². The molecule has 1 heteroatoms. The van der Waals surface area contributed by atoms with Crippen LogP contribution in [-0.2, 0) is 0 Å². The highest BCUT2D eigenvalue weighted by Crippen LogP contribution is 2.44. The third-order valence-electron chi connectivity index (χ3n) is 6.54. The van der Waals surface area contributed by atoms with Crippen LogP contribution in [0.3, 0.4) is 0 Å². The predicted molar refractivity (Wildman–Crippen MR) is 148 cm³/mol. The minimum atomic E-state index is -0.396. The van der Waals surface area contributed by atoms with E-state index in [1.54, 1.807) is 0 Å². The lowest BCUT2D eigenvalue weighted by molar-refractivity contribution is 0.631. The first-order valence-electron chi connectivity index (χ1n) is 14.0. The average Bonchev–Trinajstić information content (AvgIpc) is 3.43. The third kappa shape index (κ3) is 3.25. The molecule has 1 aromatic heterocycles. The van der Waals surface area contributed by atoms with Crippen LogP contribution >= 0.6 is 0 Å². The van der Waals surface area contributed by atoms with E-state index in [1.807, 2.05) is 84.9 Å². The van der Waals surface area contributed by atoms with Crippen molar-refractivity contribution in [3.63, 3.8) is 0 Å². The van der Waals surface area contributed by atoms with Crippen molar-refractivity contribution in [3.8, 4) is 33.6 Å². The molecular formula is C34H22O. The Morgan fingerprint density at radius 3 is 1.69 bits per heavy atom. The van der Waals surface area contributed by atoms with Crippen molar-refractivity contribution in [1.82, 2.24) is 0 Å². The van der Waals surface area contributed by atoms with E-state index < -0.39 is 6.04 Å². The van der Waals surface area contributed by atoms with Crippen LogP contribution in [0.1, 0.15) is 6.85 Å². The van der Waals surface area contributed by atoms with Gasteiger partial charge < -0.3 is 4.42 Å². The Hall–Kier alpha value is -4.62. The zero-order valence-corrected chi connectivity index (χ0v) is 18.7. The number of furan rings is 1.